The number of likely N-dealkylation sites (tertiary alicyclic amines) is 1. The molecule has 1 saturated heterocycles. The smallest absolute Gasteiger partial charge is 0.326 e. The number of allylic oxidation sites excluding steroid dienone is 2. The Morgan fingerprint density at radius 3 is 2.29 bits per heavy atom. The van der Waals surface area contributed by atoms with Crippen LogP contribution in [0.2, 0.25) is 0 Å². The first kappa shape index (κ1) is 18.6. The lowest BCUT2D eigenvalue weighted by Crippen LogP contribution is -2.37. The van der Waals surface area contributed by atoms with Crippen molar-refractivity contribution in [2.75, 3.05) is 13.2 Å². The van der Waals surface area contributed by atoms with Crippen molar-refractivity contribution >= 4 is 23.6 Å². The van der Waals surface area contributed by atoms with Gasteiger partial charge >= 0.3 is 5.97 Å². The van der Waals surface area contributed by atoms with Crippen LogP contribution in [0, 0.1) is 11.8 Å². The van der Waals surface area contributed by atoms with Crippen molar-refractivity contribution in [2.45, 2.75) is 38.5 Å². The summed E-state index contributed by atoms with van der Waals surface area (Å²) in [6.07, 6.45) is 9.13. The summed E-state index contributed by atoms with van der Waals surface area (Å²) in [5.41, 5.74) is 2.99. The van der Waals surface area contributed by atoms with Gasteiger partial charge in [-0.05, 0) is 55.7 Å². The van der Waals surface area contributed by atoms with E-state index in [9.17, 15) is 19.2 Å². The number of esters is 1. The predicted molar refractivity (Wildman–Crippen MR) is 100 cm³/mol. The number of carbonyl (C=O) groups is 4. The Balaban J connectivity index is 1.33. The molecule has 1 aromatic carbocycles. The zero-order chi connectivity index (χ0) is 19.7. The number of imide groups is 1. The highest BCUT2D eigenvalue weighted by Crippen LogP contribution is 2.34. The van der Waals surface area contributed by atoms with E-state index in [1.807, 2.05) is 24.3 Å². The number of rotatable bonds is 5. The number of ketones is 1. The monoisotopic (exact) mass is 381 g/mol. The normalized spacial score (nSPS) is 23.4. The maximum atomic E-state index is 12.4. The van der Waals surface area contributed by atoms with E-state index in [0.717, 1.165) is 24.2 Å². The molecule has 3 aliphatic rings. The summed E-state index contributed by atoms with van der Waals surface area (Å²) in [4.78, 5) is 50.2. The largest absolute Gasteiger partial charge is 0.456 e. The molecule has 6 nitrogen and oxygen atoms in total. The maximum Gasteiger partial charge on any atom is 0.326 e. The third kappa shape index (κ3) is 3.51. The van der Waals surface area contributed by atoms with Gasteiger partial charge in [-0.25, -0.2) is 0 Å². The number of nitrogens with zero attached hydrogens (tertiary/aromatic N) is 1. The van der Waals surface area contributed by atoms with Gasteiger partial charge in [0.2, 0.25) is 11.8 Å². The molecule has 0 spiro atoms. The van der Waals surface area contributed by atoms with Gasteiger partial charge in [-0.15, -0.1) is 0 Å². The molecule has 1 fully saturated rings. The SMILES string of the molecule is O=C(CN1C(=O)C2CC=CCC2C1=O)OCC(=O)c1ccc2c(c1)CCCC2. The molecule has 1 aliphatic heterocycles. The Hall–Kier alpha value is -2.76. The number of ether oxygens (including phenoxy) is 1. The van der Waals surface area contributed by atoms with Crippen molar-refractivity contribution in [3.05, 3.63) is 47.0 Å². The first-order chi connectivity index (χ1) is 13.5. The molecular formula is C22H23NO5. The second kappa shape index (κ2) is 7.70. The first-order valence-electron chi connectivity index (χ1n) is 9.85. The molecule has 28 heavy (non-hydrogen) atoms. The molecular weight excluding hydrogens is 358 g/mol. The molecule has 2 amide bonds. The number of hydrogen-bond donors (Lipinski definition) is 0. The van der Waals surface area contributed by atoms with E-state index in [-0.39, 0.29) is 36.0 Å². The third-order valence-corrected chi connectivity index (χ3v) is 5.92. The van der Waals surface area contributed by atoms with E-state index in [1.165, 1.54) is 17.5 Å². The van der Waals surface area contributed by atoms with Crippen LogP contribution in [0.25, 0.3) is 0 Å². The fraction of sp³-hybridized carbons (Fsp3) is 0.455. The molecule has 0 bridgehead atoms. The lowest BCUT2D eigenvalue weighted by molar-refractivity contribution is -0.152. The predicted octanol–water partition coefficient (Wildman–Crippen LogP) is 2.24. The van der Waals surface area contributed by atoms with Gasteiger partial charge in [0.1, 0.15) is 6.54 Å². The molecule has 2 aliphatic carbocycles. The average molecular weight is 381 g/mol. The minimum Gasteiger partial charge on any atom is -0.456 e. The number of Topliss-reactive ketones (excluding diaryl/α,β-unsaturated/α-hetero) is 1. The van der Waals surface area contributed by atoms with Crippen LogP contribution in [0.5, 0.6) is 0 Å². The van der Waals surface area contributed by atoms with Crippen molar-refractivity contribution in [3.8, 4) is 0 Å². The Morgan fingerprint density at radius 1 is 0.964 bits per heavy atom. The minimum absolute atomic E-state index is 0.279. The summed E-state index contributed by atoms with van der Waals surface area (Å²) >= 11 is 0. The fourth-order valence-electron chi connectivity index (χ4n) is 4.34. The molecule has 146 valence electrons. The molecule has 2 unspecified atom stereocenters. The molecule has 1 aromatic rings. The molecule has 0 saturated carbocycles. The molecule has 0 radical (unpaired) electrons. The summed E-state index contributed by atoms with van der Waals surface area (Å²) < 4.78 is 5.06. The van der Waals surface area contributed by atoms with Gasteiger partial charge in [0.25, 0.3) is 0 Å². The number of benzene rings is 1. The lowest BCUT2D eigenvalue weighted by atomic mass is 9.85. The van der Waals surface area contributed by atoms with E-state index in [0.29, 0.717) is 18.4 Å². The standard InChI is InChI=1S/C22H23NO5/c24-19(16-10-9-14-5-1-2-6-15(14)11-16)13-28-20(25)12-23-21(26)17-7-3-4-8-18(17)22(23)27/h3-4,9-11,17-18H,1-2,5-8,12-13H2. The number of hydrogen-bond acceptors (Lipinski definition) is 5. The molecule has 1 heterocycles. The molecule has 6 heteroatoms. The first-order valence-corrected chi connectivity index (χ1v) is 9.85. The van der Waals surface area contributed by atoms with Gasteiger partial charge in [0, 0.05) is 5.56 Å². The second-order valence-electron chi connectivity index (χ2n) is 7.69. The van der Waals surface area contributed by atoms with E-state index < -0.39 is 12.5 Å². The Labute approximate surface area is 163 Å². The summed E-state index contributed by atoms with van der Waals surface area (Å²) in [5, 5.41) is 0. The van der Waals surface area contributed by atoms with Gasteiger partial charge in [-0.2, -0.15) is 0 Å². The minimum atomic E-state index is -0.736. The zero-order valence-corrected chi connectivity index (χ0v) is 15.7. The van der Waals surface area contributed by atoms with E-state index in [2.05, 4.69) is 0 Å². The van der Waals surface area contributed by atoms with Gasteiger partial charge in [0.05, 0.1) is 11.8 Å². The lowest BCUT2D eigenvalue weighted by Gasteiger charge is -2.16. The van der Waals surface area contributed by atoms with Gasteiger partial charge < -0.3 is 4.74 Å². The second-order valence-corrected chi connectivity index (χ2v) is 7.69. The molecule has 0 aromatic heterocycles. The van der Waals surface area contributed by atoms with Crippen molar-refractivity contribution in [3.63, 3.8) is 0 Å². The van der Waals surface area contributed by atoms with E-state index in [1.54, 1.807) is 6.07 Å². The Kier molecular flexibility index (Phi) is 5.11. The topological polar surface area (TPSA) is 80.8 Å². The van der Waals surface area contributed by atoms with Gasteiger partial charge in [-0.3, -0.25) is 24.1 Å². The molecule has 2 atom stereocenters. The van der Waals surface area contributed by atoms with Crippen LogP contribution in [-0.2, 0) is 32.0 Å². The van der Waals surface area contributed by atoms with Gasteiger partial charge in [-0.1, -0.05) is 24.3 Å². The highest BCUT2D eigenvalue weighted by molar-refractivity contribution is 6.07. The summed E-state index contributed by atoms with van der Waals surface area (Å²) in [7, 11) is 0. The number of fused-ring (bicyclic) bond motifs is 2. The van der Waals surface area contributed by atoms with Crippen LogP contribution in [-0.4, -0.2) is 41.6 Å². The van der Waals surface area contributed by atoms with Crippen molar-refractivity contribution < 1.29 is 23.9 Å². The van der Waals surface area contributed by atoms with Crippen molar-refractivity contribution in [2.24, 2.45) is 11.8 Å². The third-order valence-electron chi connectivity index (χ3n) is 5.92. The van der Waals surface area contributed by atoms with Crippen molar-refractivity contribution in [1.82, 2.24) is 4.90 Å². The quantitative estimate of drug-likeness (QED) is 0.338. The zero-order valence-electron chi connectivity index (χ0n) is 15.7. The fourth-order valence-corrected chi connectivity index (χ4v) is 4.34. The molecule has 4 rings (SSSR count). The summed E-state index contributed by atoms with van der Waals surface area (Å²) in [5.74, 6) is -2.40. The highest BCUT2D eigenvalue weighted by Gasteiger charge is 2.47. The Bertz CT molecular complexity index is 846. The van der Waals surface area contributed by atoms with Crippen molar-refractivity contribution in [1.29, 1.82) is 0 Å². The highest BCUT2D eigenvalue weighted by atomic mass is 16.5. The van der Waals surface area contributed by atoms with Crippen LogP contribution in [0.1, 0.15) is 47.2 Å². The maximum absolute atomic E-state index is 12.4. The summed E-state index contributed by atoms with van der Waals surface area (Å²) in [6.45, 7) is -0.815. The number of carbonyl (C=O) groups excluding carboxylic acids is 4. The van der Waals surface area contributed by atoms with Crippen LogP contribution in [0.4, 0.5) is 0 Å². The number of aryl methyl sites for hydroxylation is 2. The van der Waals surface area contributed by atoms with Crippen LogP contribution < -0.4 is 0 Å². The van der Waals surface area contributed by atoms with Crippen LogP contribution in [0.3, 0.4) is 0 Å². The number of amides is 2. The Morgan fingerprint density at radius 2 is 1.61 bits per heavy atom. The average Bonchev–Trinajstić information content (AvgIpc) is 2.97. The van der Waals surface area contributed by atoms with E-state index in [4.69, 9.17) is 4.74 Å². The van der Waals surface area contributed by atoms with Gasteiger partial charge in [0.15, 0.2) is 12.4 Å². The van der Waals surface area contributed by atoms with E-state index >= 15 is 0 Å². The molecule has 0 N–H and O–H groups in total. The van der Waals surface area contributed by atoms with Crippen LogP contribution in [0.15, 0.2) is 30.4 Å². The summed E-state index contributed by atoms with van der Waals surface area (Å²) in [6, 6.07) is 5.63. The van der Waals surface area contributed by atoms with Crippen LogP contribution >= 0.6 is 0 Å².